The zero-order valence-electron chi connectivity index (χ0n) is 17.8. The van der Waals surface area contributed by atoms with Crippen LogP contribution in [0, 0.1) is 19.7 Å². The fraction of sp³-hybridized carbons (Fsp3) is 0.333. The van der Waals surface area contributed by atoms with Crippen LogP contribution in [-0.2, 0) is 11.2 Å². The number of aliphatic hydroxyl groups excluding tert-OH is 1. The molecule has 4 N–H and O–H groups in total. The Morgan fingerprint density at radius 1 is 1.32 bits per heavy atom. The maximum Gasteiger partial charge on any atom is 0.254 e. The summed E-state index contributed by atoms with van der Waals surface area (Å²) in [7, 11) is 0. The highest BCUT2D eigenvalue weighted by molar-refractivity contribution is 5.95. The van der Waals surface area contributed by atoms with Crippen molar-refractivity contribution in [2.45, 2.75) is 38.8 Å². The number of ether oxygens (including phenoxy) is 1. The molecular weight excluding hydrogens is 397 g/mol. The third-order valence-electron chi connectivity index (χ3n) is 5.57. The number of rotatable bonds is 6. The molecule has 0 bridgehead atoms. The first-order chi connectivity index (χ1) is 14.9. The van der Waals surface area contributed by atoms with Crippen molar-refractivity contribution in [3.05, 3.63) is 76.2 Å². The quantitative estimate of drug-likeness (QED) is 0.620. The van der Waals surface area contributed by atoms with Gasteiger partial charge in [0.25, 0.3) is 5.91 Å². The lowest BCUT2D eigenvalue weighted by Crippen LogP contribution is -2.48. The lowest BCUT2D eigenvalue weighted by molar-refractivity contribution is -0.0261. The molecule has 1 saturated heterocycles. The highest BCUT2D eigenvalue weighted by Gasteiger charge is 2.27. The van der Waals surface area contributed by atoms with Crippen LogP contribution >= 0.6 is 0 Å². The van der Waals surface area contributed by atoms with Gasteiger partial charge in [0.1, 0.15) is 5.82 Å². The normalized spacial score (nSPS) is 19.2. The van der Waals surface area contributed by atoms with Gasteiger partial charge in [-0.25, -0.2) is 4.39 Å². The standard InChI is InChI=1S/C24H28FN3O3/c1-15-16(2)23(25)20(24(30)28-21-8-11-31-14-22(21)29)13-18(15)12-17-4-6-19(7-5-17)27-10-3-9-26/h3-7,9-10,13,21-22,29H,8,11-12,14,26H2,1-2H3,(H,28,30)/t21-,22-/m0/s1. The van der Waals surface area contributed by atoms with Gasteiger partial charge >= 0.3 is 0 Å². The lowest BCUT2D eigenvalue weighted by atomic mass is 9.93. The molecule has 0 saturated carbocycles. The van der Waals surface area contributed by atoms with Gasteiger partial charge in [0, 0.05) is 12.8 Å². The molecule has 6 nitrogen and oxygen atoms in total. The molecule has 31 heavy (non-hydrogen) atoms. The summed E-state index contributed by atoms with van der Waals surface area (Å²) in [6.07, 6.45) is 4.91. The number of nitrogens with one attached hydrogen (secondary N) is 1. The van der Waals surface area contributed by atoms with Crippen molar-refractivity contribution in [3.63, 3.8) is 0 Å². The number of allylic oxidation sites excluding steroid dienone is 1. The summed E-state index contributed by atoms with van der Waals surface area (Å²) in [4.78, 5) is 17.0. The van der Waals surface area contributed by atoms with Crippen molar-refractivity contribution >= 4 is 17.8 Å². The Bertz CT molecular complexity index is 987. The predicted molar refractivity (Wildman–Crippen MR) is 119 cm³/mol. The summed E-state index contributed by atoms with van der Waals surface area (Å²) >= 11 is 0. The van der Waals surface area contributed by atoms with Crippen LogP contribution in [0.4, 0.5) is 10.1 Å². The van der Waals surface area contributed by atoms with Crippen molar-refractivity contribution in [2.24, 2.45) is 10.7 Å². The van der Waals surface area contributed by atoms with Gasteiger partial charge in [0.05, 0.1) is 30.0 Å². The molecule has 2 aromatic rings. The molecule has 0 aromatic heterocycles. The van der Waals surface area contributed by atoms with Gasteiger partial charge in [0.15, 0.2) is 0 Å². The molecule has 2 aromatic carbocycles. The van der Waals surface area contributed by atoms with Gasteiger partial charge in [-0.15, -0.1) is 0 Å². The van der Waals surface area contributed by atoms with E-state index in [9.17, 15) is 14.3 Å². The summed E-state index contributed by atoms with van der Waals surface area (Å²) in [6.45, 7) is 4.14. The molecule has 1 aliphatic heterocycles. The first-order valence-corrected chi connectivity index (χ1v) is 10.3. The van der Waals surface area contributed by atoms with E-state index in [1.54, 1.807) is 25.3 Å². The molecule has 1 amide bonds. The van der Waals surface area contributed by atoms with E-state index < -0.39 is 23.9 Å². The molecule has 2 atom stereocenters. The first-order valence-electron chi connectivity index (χ1n) is 10.3. The Hall–Kier alpha value is -3.03. The second-order valence-electron chi connectivity index (χ2n) is 7.66. The lowest BCUT2D eigenvalue weighted by Gasteiger charge is -2.28. The van der Waals surface area contributed by atoms with Crippen molar-refractivity contribution in [2.75, 3.05) is 13.2 Å². The summed E-state index contributed by atoms with van der Waals surface area (Å²) in [5, 5.41) is 12.8. The Kier molecular flexibility index (Phi) is 7.55. The minimum Gasteiger partial charge on any atom is -0.405 e. The van der Waals surface area contributed by atoms with E-state index in [2.05, 4.69) is 10.3 Å². The number of carbonyl (C=O) groups excluding carboxylic acids is 1. The van der Waals surface area contributed by atoms with Gasteiger partial charge in [-0.1, -0.05) is 12.1 Å². The second kappa shape index (κ2) is 10.3. The highest BCUT2D eigenvalue weighted by atomic mass is 19.1. The molecule has 1 heterocycles. The van der Waals surface area contributed by atoms with E-state index >= 15 is 0 Å². The molecule has 0 radical (unpaired) electrons. The molecule has 0 aliphatic carbocycles. The Morgan fingerprint density at radius 2 is 2.06 bits per heavy atom. The van der Waals surface area contributed by atoms with Gasteiger partial charge in [-0.05, 0) is 79.4 Å². The molecule has 1 fully saturated rings. The molecule has 3 rings (SSSR count). The van der Waals surface area contributed by atoms with E-state index in [0.717, 1.165) is 22.4 Å². The predicted octanol–water partition coefficient (Wildman–Crippen LogP) is 3.09. The average molecular weight is 426 g/mol. The maximum absolute atomic E-state index is 14.9. The summed E-state index contributed by atoms with van der Waals surface area (Å²) in [5.41, 5.74) is 9.23. The van der Waals surface area contributed by atoms with Crippen molar-refractivity contribution < 1.29 is 19.0 Å². The SMILES string of the molecule is Cc1c(Cc2ccc(N=CC=CN)cc2)cc(C(=O)N[C@H]2CCOC[C@@H]2O)c(F)c1C. The van der Waals surface area contributed by atoms with Crippen LogP contribution in [0.25, 0.3) is 0 Å². The van der Waals surface area contributed by atoms with Crippen LogP contribution in [0.2, 0.25) is 0 Å². The third-order valence-corrected chi connectivity index (χ3v) is 5.57. The summed E-state index contributed by atoms with van der Waals surface area (Å²) < 4.78 is 20.1. The minimum absolute atomic E-state index is 0.00779. The second-order valence-corrected chi connectivity index (χ2v) is 7.66. The number of hydrogen-bond acceptors (Lipinski definition) is 5. The maximum atomic E-state index is 14.9. The number of halogens is 1. The van der Waals surface area contributed by atoms with Gasteiger partial charge < -0.3 is 20.9 Å². The van der Waals surface area contributed by atoms with Crippen LogP contribution in [0.5, 0.6) is 0 Å². The smallest absolute Gasteiger partial charge is 0.254 e. The third kappa shape index (κ3) is 5.57. The summed E-state index contributed by atoms with van der Waals surface area (Å²) in [5.74, 6) is -1.05. The average Bonchev–Trinajstić information content (AvgIpc) is 2.77. The monoisotopic (exact) mass is 425 g/mol. The summed E-state index contributed by atoms with van der Waals surface area (Å²) in [6, 6.07) is 8.85. The minimum atomic E-state index is -0.798. The largest absolute Gasteiger partial charge is 0.405 e. The van der Waals surface area contributed by atoms with Crippen LogP contribution in [-0.4, -0.2) is 42.6 Å². The Morgan fingerprint density at radius 3 is 2.74 bits per heavy atom. The van der Waals surface area contributed by atoms with Crippen LogP contribution in [0.3, 0.4) is 0 Å². The number of hydrogen-bond donors (Lipinski definition) is 3. The number of aliphatic imine (C=N–C) groups is 1. The van der Waals surface area contributed by atoms with Gasteiger partial charge in [0.2, 0.25) is 0 Å². The van der Waals surface area contributed by atoms with Crippen molar-refractivity contribution in [3.8, 4) is 0 Å². The fourth-order valence-electron chi connectivity index (χ4n) is 3.54. The molecule has 0 spiro atoms. The zero-order valence-corrected chi connectivity index (χ0v) is 17.8. The molecule has 164 valence electrons. The molecule has 7 heteroatoms. The Labute approximate surface area is 181 Å². The fourth-order valence-corrected chi connectivity index (χ4v) is 3.54. The van der Waals surface area contributed by atoms with Crippen LogP contribution in [0.1, 0.15) is 39.0 Å². The number of amides is 1. The number of benzene rings is 2. The molecular formula is C24H28FN3O3. The van der Waals surface area contributed by atoms with E-state index in [0.29, 0.717) is 25.0 Å². The van der Waals surface area contributed by atoms with E-state index in [4.69, 9.17) is 10.5 Å². The number of nitrogens with zero attached hydrogens (tertiary/aromatic N) is 1. The number of carbonyl (C=O) groups is 1. The first kappa shape index (κ1) is 22.7. The Balaban J connectivity index is 1.81. The zero-order chi connectivity index (χ0) is 22.4. The highest BCUT2D eigenvalue weighted by Crippen LogP contribution is 2.25. The van der Waals surface area contributed by atoms with E-state index in [-0.39, 0.29) is 12.2 Å². The van der Waals surface area contributed by atoms with Crippen LogP contribution in [0.15, 0.2) is 47.6 Å². The van der Waals surface area contributed by atoms with Crippen molar-refractivity contribution in [1.29, 1.82) is 0 Å². The van der Waals surface area contributed by atoms with Crippen molar-refractivity contribution in [1.82, 2.24) is 5.32 Å². The van der Waals surface area contributed by atoms with E-state index in [1.807, 2.05) is 31.2 Å². The molecule has 1 aliphatic rings. The van der Waals surface area contributed by atoms with Crippen LogP contribution < -0.4 is 11.1 Å². The van der Waals surface area contributed by atoms with E-state index in [1.165, 1.54) is 6.20 Å². The molecule has 0 unspecified atom stereocenters. The number of nitrogens with two attached hydrogens (primary N) is 1. The topological polar surface area (TPSA) is 96.9 Å². The number of aliphatic hydroxyl groups is 1. The van der Waals surface area contributed by atoms with Gasteiger partial charge in [-0.2, -0.15) is 0 Å². The van der Waals surface area contributed by atoms with Gasteiger partial charge in [-0.3, -0.25) is 9.79 Å².